The molecule has 0 aliphatic carbocycles. The van der Waals surface area contributed by atoms with Crippen LogP contribution in [-0.4, -0.2) is 32.6 Å². The molecule has 1 aliphatic heterocycles. The maximum atomic E-state index is 13.3. The lowest BCUT2D eigenvalue weighted by atomic mass is 10.1. The second-order valence-electron chi connectivity index (χ2n) is 7.54. The van der Waals surface area contributed by atoms with E-state index in [0.29, 0.717) is 5.56 Å². The van der Waals surface area contributed by atoms with Gasteiger partial charge in [-0.2, -0.15) is 0 Å². The summed E-state index contributed by atoms with van der Waals surface area (Å²) in [6.07, 6.45) is 1.50. The van der Waals surface area contributed by atoms with Crippen LogP contribution in [0.1, 0.15) is 27.3 Å². The zero-order valence-corrected chi connectivity index (χ0v) is 20.3. The van der Waals surface area contributed by atoms with Gasteiger partial charge >= 0.3 is 5.97 Å². The van der Waals surface area contributed by atoms with Crippen LogP contribution >= 0.6 is 35.4 Å². The molecular formula is C24H17Cl2N3O4S. The fourth-order valence-electron chi connectivity index (χ4n) is 3.78. The van der Waals surface area contributed by atoms with Crippen LogP contribution in [0.3, 0.4) is 0 Å². The third-order valence-corrected chi connectivity index (χ3v) is 6.51. The van der Waals surface area contributed by atoms with E-state index in [1.165, 1.54) is 18.2 Å². The quantitative estimate of drug-likeness (QED) is 0.293. The van der Waals surface area contributed by atoms with Crippen LogP contribution in [0.2, 0.25) is 10.0 Å². The van der Waals surface area contributed by atoms with E-state index >= 15 is 0 Å². The van der Waals surface area contributed by atoms with E-state index in [2.05, 4.69) is 5.32 Å². The maximum Gasteiger partial charge on any atom is 0.335 e. The number of aryl methyl sites for hydroxylation is 1. The van der Waals surface area contributed by atoms with Crippen molar-refractivity contribution in [2.24, 2.45) is 0 Å². The molecule has 0 spiro atoms. The Hall–Kier alpha value is -3.46. The minimum Gasteiger partial charge on any atom is -0.478 e. The maximum absolute atomic E-state index is 13.3. The Bertz CT molecular complexity index is 1410. The van der Waals surface area contributed by atoms with E-state index in [9.17, 15) is 14.4 Å². The number of aromatic nitrogens is 1. The van der Waals surface area contributed by atoms with Gasteiger partial charge in [0.2, 0.25) is 0 Å². The zero-order chi connectivity index (χ0) is 24.7. The molecule has 1 saturated heterocycles. The van der Waals surface area contributed by atoms with Crippen molar-refractivity contribution in [2.45, 2.75) is 13.8 Å². The van der Waals surface area contributed by atoms with E-state index in [1.807, 2.05) is 24.5 Å². The normalized spacial score (nSPS) is 15.1. The second-order valence-corrected chi connectivity index (χ2v) is 8.72. The number of hydrogen-bond acceptors (Lipinski definition) is 4. The molecule has 7 nitrogen and oxygen atoms in total. The van der Waals surface area contributed by atoms with Crippen LogP contribution < -0.4 is 10.2 Å². The van der Waals surface area contributed by atoms with Gasteiger partial charge in [0.15, 0.2) is 5.11 Å². The molecule has 1 aliphatic rings. The highest BCUT2D eigenvalue weighted by Gasteiger charge is 2.36. The van der Waals surface area contributed by atoms with E-state index in [1.54, 1.807) is 30.3 Å². The van der Waals surface area contributed by atoms with Crippen LogP contribution in [0, 0.1) is 13.8 Å². The first-order chi connectivity index (χ1) is 16.1. The zero-order valence-electron chi connectivity index (χ0n) is 17.9. The first kappa shape index (κ1) is 23.7. The number of halogens is 2. The fourth-order valence-corrected chi connectivity index (χ4v) is 4.44. The Kier molecular flexibility index (Phi) is 6.31. The third-order valence-electron chi connectivity index (χ3n) is 5.42. The number of aromatic carboxylic acids is 1. The van der Waals surface area contributed by atoms with Gasteiger partial charge < -0.3 is 9.67 Å². The summed E-state index contributed by atoms with van der Waals surface area (Å²) in [7, 11) is 0. The van der Waals surface area contributed by atoms with Crippen molar-refractivity contribution < 1.29 is 19.5 Å². The highest BCUT2D eigenvalue weighted by molar-refractivity contribution is 7.80. The Labute approximate surface area is 210 Å². The van der Waals surface area contributed by atoms with Gasteiger partial charge in [0.05, 0.1) is 21.3 Å². The lowest BCUT2D eigenvalue weighted by Gasteiger charge is -2.29. The Balaban J connectivity index is 1.76. The molecular weight excluding hydrogens is 497 g/mol. The Morgan fingerprint density at radius 2 is 1.76 bits per heavy atom. The molecule has 0 atom stereocenters. The van der Waals surface area contributed by atoms with Crippen LogP contribution in [0.4, 0.5) is 5.69 Å². The average molecular weight is 514 g/mol. The van der Waals surface area contributed by atoms with Gasteiger partial charge in [-0.25, -0.2) is 4.79 Å². The van der Waals surface area contributed by atoms with Crippen molar-refractivity contribution in [3.8, 4) is 5.69 Å². The number of rotatable bonds is 4. The molecule has 10 heteroatoms. The number of nitrogens with zero attached hydrogens (tertiary/aromatic N) is 2. The first-order valence-corrected chi connectivity index (χ1v) is 11.1. The Morgan fingerprint density at radius 1 is 1.09 bits per heavy atom. The van der Waals surface area contributed by atoms with Crippen molar-refractivity contribution in [3.63, 3.8) is 0 Å². The Morgan fingerprint density at radius 3 is 2.41 bits per heavy atom. The molecule has 2 amide bonds. The van der Waals surface area contributed by atoms with E-state index in [4.69, 9.17) is 40.5 Å². The number of carboxylic acids is 1. The van der Waals surface area contributed by atoms with E-state index in [0.717, 1.165) is 22.0 Å². The van der Waals surface area contributed by atoms with Crippen LogP contribution in [-0.2, 0) is 9.59 Å². The minimum atomic E-state index is -1.01. The smallest absolute Gasteiger partial charge is 0.335 e. The number of carboxylic acid groups (broad SMARTS) is 1. The van der Waals surface area contributed by atoms with Gasteiger partial charge in [0, 0.05) is 17.1 Å². The summed E-state index contributed by atoms with van der Waals surface area (Å²) >= 11 is 17.6. The van der Waals surface area contributed by atoms with Crippen molar-refractivity contribution in [3.05, 3.63) is 86.7 Å². The molecule has 2 heterocycles. The lowest BCUT2D eigenvalue weighted by molar-refractivity contribution is -0.122. The first-order valence-electron chi connectivity index (χ1n) is 9.98. The molecule has 172 valence electrons. The topological polar surface area (TPSA) is 91.6 Å². The van der Waals surface area contributed by atoms with Crippen molar-refractivity contribution in [2.75, 3.05) is 4.90 Å². The number of carbonyl (C=O) groups is 3. The van der Waals surface area contributed by atoms with Gasteiger partial charge in [0.1, 0.15) is 5.57 Å². The summed E-state index contributed by atoms with van der Waals surface area (Å²) in [5, 5.41) is 11.9. The summed E-state index contributed by atoms with van der Waals surface area (Å²) < 4.78 is 1.90. The molecule has 0 radical (unpaired) electrons. The summed E-state index contributed by atoms with van der Waals surface area (Å²) in [5.74, 6) is -2.27. The van der Waals surface area contributed by atoms with Crippen LogP contribution in [0.5, 0.6) is 0 Å². The van der Waals surface area contributed by atoms with E-state index in [-0.39, 0.29) is 32.0 Å². The third kappa shape index (κ3) is 4.11. The molecule has 1 fully saturated rings. The van der Waals surface area contributed by atoms with Gasteiger partial charge in [-0.3, -0.25) is 19.8 Å². The molecule has 0 unspecified atom stereocenters. The summed E-state index contributed by atoms with van der Waals surface area (Å²) in [5.41, 5.74) is 3.30. The molecule has 1 aromatic heterocycles. The van der Waals surface area contributed by atoms with Gasteiger partial charge in [-0.15, -0.1) is 0 Å². The fraction of sp³-hybridized carbons (Fsp3) is 0.0833. The average Bonchev–Trinajstić information content (AvgIpc) is 3.06. The summed E-state index contributed by atoms with van der Waals surface area (Å²) in [4.78, 5) is 38.3. The predicted octanol–water partition coefficient (Wildman–Crippen LogP) is 4.93. The largest absolute Gasteiger partial charge is 0.478 e. The molecule has 0 bridgehead atoms. The lowest BCUT2D eigenvalue weighted by Crippen LogP contribution is -2.54. The molecule has 2 aromatic carbocycles. The second kappa shape index (κ2) is 9.06. The summed E-state index contributed by atoms with van der Waals surface area (Å²) in [6, 6.07) is 13.0. The molecule has 4 rings (SSSR count). The monoisotopic (exact) mass is 513 g/mol. The van der Waals surface area contributed by atoms with E-state index < -0.39 is 17.8 Å². The van der Waals surface area contributed by atoms with Crippen LogP contribution in [0.25, 0.3) is 11.8 Å². The van der Waals surface area contributed by atoms with Gasteiger partial charge in [-0.1, -0.05) is 29.3 Å². The van der Waals surface area contributed by atoms with Gasteiger partial charge in [0.25, 0.3) is 11.8 Å². The number of amides is 2. The summed E-state index contributed by atoms with van der Waals surface area (Å²) in [6.45, 7) is 3.71. The molecule has 34 heavy (non-hydrogen) atoms. The minimum absolute atomic E-state index is 0.0969. The predicted molar refractivity (Wildman–Crippen MR) is 135 cm³/mol. The number of anilines is 1. The SMILES string of the molecule is Cc1cc(/C=C2\C(=O)NC(=S)N(c3cccc(Cl)c3Cl)C2=O)c(C)n1-c1ccc(C(=O)O)cc1. The number of thiocarbonyl (C=S) groups is 1. The van der Waals surface area contributed by atoms with Crippen molar-refractivity contribution >= 4 is 70.1 Å². The number of benzene rings is 2. The molecule has 0 saturated carbocycles. The number of nitrogens with one attached hydrogen (secondary N) is 1. The number of carbonyl (C=O) groups excluding carboxylic acids is 2. The molecule has 3 aromatic rings. The standard InChI is InChI=1S/C24H17Cl2N3O4S/c1-12-10-15(13(2)28(12)16-8-6-14(7-9-16)23(32)33)11-17-21(30)27-24(34)29(22(17)31)19-5-3-4-18(25)20(19)26/h3-11H,1-2H3,(H,32,33)(H,27,30,34)/b17-11+. The van der Waals surface area contributed by atoms with Crippen molar-refractivity contribution in [1.82, 2.24) is 9.88 Å². The highest BCUT2D eigenvalue weighted by atomic mass is 35.5. The number of hydrogen-bond donors (Lipinski definition) is 2. The highest BCUT2D eigenvalue weighted by Crippen LogP contribution is 2.34. The molecule has 2 N–H and O–H groups in total. The van der Waals surface area contributed by atoms with Crippen LogP contribution in [0.15, 0.2) is 54.1 Å². The van der Waals surface area contributed by atoms with Crippen molar-refractivity contribution in [1.29, 1.82) is 0 Å². The van der Waals surface area contributed by atoms with Gasteiger partial charge in [-0.05, 0) is 80.2 Å².